The van der Waals surface area contributed by atoms with Crippen molar-refractivity contribution in [3.8, 4) is 0 Å². The molecule has 0 aromatic carbocycles. The van der Waals surface area contributed by atoms with Crippen LogP contribution in [0.25, 0.3) is 0 Å². The van der Waals surface area contributed by atoms with Crippen LogP contribution in [-0.4, -0.2) is 24.9 Å². The van der Waals surface area contributed by atoms with Crippen LogP contribution in [0.5, 0.6) is 0 Å². The van der Waals surface area contributed by atoms with Crippen LogP contribution >= 0.6 is 0 Å². The molecule has 1 fully saturated rings. The van der Waals surface area contributed by atoms with Crippen molar-refractivity contribution in [3.63, 3.8) is 0 Å². The summed E-state index contributed by atoms with van der Waals surface area (Å²) < 4.78 is 10.6. The third-order valence-electron chi connectivity index (χ3n) is 3.00. The molecule has 1 aromatic heterocycles. The zero-order valence-electron chi connectivity index (χ0n) is 9.87. The lowest BCUT2D eigenvalue weighted by Gasteiger charge is -2.22. The van der Waals surface area contributed by atoms with E-state index in [4.69, 9.17) is 9.26 Å². The van der Waals surface area contributed by atoms with Crippen LogP contribution in [0.2, 0.25) is 0 Å². The molecule has 0 radical (unpaired) electrons. The number of nitrogens with one attached hydrogen (secondary N) is 1. The summed E-state index contributed by atoms with van der Waals surface area (Å²) in [6, 6.07) is 1.92. The van der Waals surface area contributed by atoms with E-state index in [2.05, 4.69) is 10.5 Å². The molecule has 0 saturated carbocycles. The van der Waals surface area contributed by atoms with Gasteiger partial charge in [-0.3, -0.25) is 0 Å². The molecular formula is C12H20N2O2. The van der Waals surface area contributed by atoms with Crippen molar-refractivity contribution >= 4 is 0 Å². The van der Waals surface area contributed by atoms with Gasteiger partial charge in [0.05, 0.1) is 6.61 Å². The minimum atomic E-state index is 0.567. The maximum atomic E-state index is 5.59. The molecule has 1 unspecified atom stereocenters. The summed E-state index contributed by atoms with van der Waals surface area (Å²) in [7, 11) is 0. The third kappa shape index (κ3) is 3.61. The van der Waals surface area contributed by atoms with Gasteiger partial charge in [-0.25, -0.2) is 0 Å². The Hall–Kier alpha value is -0.870. The first-order valence-electron chi connectivity index (χ1n) is 6.05. The molecule has 1 N–H and O–H groups in total. The standard InChI is InChI=1S/C12H20N2O2/c1-10-7-12(14-16-10)9-15-6-4-11-3-2-5-13-8-11/h7,11,13H,2-6,8-9H2,1H3. The van der Waals surface area contributed by atoms with Gasteiger partial charge in [0.25, 0.3) is 0 Å². The minimum Gasteiger partial charge on any atom is -0.375 e. The number of hydrogen-bond donors (Lipinski definition) is 1. The largest absolute Gasteiger partial charge is 0.375 e. The van der Waals surface area contributed by atoms with Crippen molar-refractivity contribution in [2.45, 2.75) is 32.8 Å². The Morgan fingerprint density at radius 2 is 2.56 bits per heavy atom. The molecule has 1 atom stereocenters. The fourth-order valence-electron chi connectivity index (χ4n) is 2.08. The monoisotopic (exact) mass is 224 g/mol. The Kier molecular flexibility index (Phi) is 4.36. The van der Waals surface area contributed by atoms with Crippen LogP contribution in [0.15, 0.2) is 10.6 Å². The number of piperidine rings is 1. The van der Waals surface area contributed by atoms with E-state index in [-0.39, 0.29) is 0 Å². The highest BCUT2D eigenvalue weighted by Gasteiger charge is 2.12. The van der Waals surface area contributed by atoms with Gasteiger partial charge in [-0.2, -0.15) is 0 Å². The predicted molar refractivity (Wildman–Crippen MR) is 61.1 cm³/mol. The van der Waals surface area contributed by atoms with Crippen molar-refractivity contribution in [2.24, 2.45) is 5.92 Å². The van der Waals surface area contributed by atoms with Crippen molar-refractivity contribution < 1.29 is 9.26 Å². The van der Waals surface area contributed by atoms with Gasteiger partial charge in [-0.1, -0.05) is 5.16 Å². The number of rotatable bonds is 5. The van der Waals surface area contributed by atoms with Crippen LogP contribution in [0.1, 0.15) is 30.7 Å². The Labute approximate surface area is 96.3 Å². The van der Waals surface area contributed by atoms with Gasteiger partial charge in [0, 0.05) is 12.7 Å². The van der Waals surface area contributed by atoms with Crippen LogP contribution in [0, 0.1) is 12.8 Å². The number of aryl methyl sites for hydroxylation is 1. The maximum absolute atomic E-state index is 5.59. The van der Waals surface area contributed by atoms with Gasteiger partial charge < -0.3 is 14.6 Å². The second-order valence-electron chi connectivity index (χ2n) is 4.48. The highest BCUT2D eigenvalue weighted by atomic mass is 16.5. The van der Waals surface area contributed by atoms with Crippen molar-refractivity contribution in [1.29, 1.82) is 0 Å². The maximum Gasteiger partial charge on any atom is 0.134 e. The molecule has 0 aliphatic carbocycles. The molecule has 1 aliphatic rings. The molecule has 1 aromatic rings. The summed E-state index contributed by atoms with van der Waals surface area (Å²) in [5, 5.41) is 7.30. The summed E-state index contributed by atoms with van der Waals surface area (Å²) in [5.41, 5.74) is 0.888. The highest BCUT2D eigenvalue weighted by molar-refractivity contribution is 5.01. The van der Waals surface area contributed by atoms with E-state index in [9.17, 15) is 0 Å². The van der Waals surface area contributed by atoms with E-state index >= 15 is 0 Å². The lowest BCUT2D eigenvalue weighted by molar-refractivity contribution is 0.0990. The van der Waals surface area contributed by atoms with E-state index in [1.807, 2.05) is 13.0 Å². The van der Waals surface area contributed by atoms with Gasteiger partial charge in [-0.05, 0) is 45.2 Å². The van der Waals surface area contributed by atoms with E-state index in [0.29, 0.717) is 6.61 Å². The quantitative estimate of drug-likeness (QED) is 0.776. The first-order chi connectivity index (χ1) is 7.84. The average Bonchev–Trinajstić information content (AvgIpc) is 2.72. The second-order valence-corrected chi connectivity index (χ2v) is 4.48. The van der Waals surface area contributed by atoms with E-state index < -0.39 is 0 Å². The van der Waals surface area contributed by atoms with Gasteiger partial charge in [0.2, 0.25) is 0 Å². The minimum absolute atomic E-state index is 0.567. The molecule has 16 heavy (non-hydrogen) atoms. The molecule has 1 aliphatic heterocycles. The molecule has 4 nitrogen and oxygen atoms in total. The average molecular weight is 224 g/mol. The van der Waals surface area contributed by atoms with Crippen LogP contribution < -0.4 is 5.32 Å². The number of hydrogen-bond acceptors (Lipinski definition) is 4. The number of aromatic nitrogens is 1. The topological polar surface area (TPSA) is 47.3 Å². The van der Waals surface area contributed by atoms with Gasteiger partial charge in [0.1, 0.15) is 11.5 Å². The van der Waals surface area contributed by atoms with Crippen LogP contribution in [0.3, 0.4) is 0 Å². The van der Waals surface area contributed by atoms with Crippen LogP contribution in [-0.2, 0) is 11.3 Å². The molecule has 90 valence electrons. The second kappa shape index (κ2) is 6.01. The molecule has 2 rings (SSSR count). The van der Waals surface area contributed by atoms with Gasteiger partial charge in [-0.15, -0.1) is 0 Å². The Morgan fingerprint density at radius 3 is 3.25 bits per heavy atom. The van der Waals surface area contributed by atoms with Crippen molar-refractivity contribution in [3.05, 3.63) is 17.5 Å². The third-order valence-corrected chi connectivity index (χ3v) is 3.00. The summed E-state index contributed by atoms with van der Waals surface area (Å²) in [4.78, 5) is 0. The number of ether oxygens (including phenoxy) is 1. The smallest absolute Gasteiger partial charge is 0.134 e. The van der Waals surface area contributed by atoms with Crippen LogP contribution in [0.4, 0.5) is 0 Å². The van der Waals surface area contributed by atoms with E-state index in [0.717, 1.165) is 36.9 Å². The number of nitrogens with zero attached hydrogens (tertiary/aromatic N) is 1. The zero-order chi connectivity index (χ0) is 11.2. The zero-order valence-corrected chi connectivity index (χ0v) is 9.87. The first-order valence-corrected chi connectivity index (χ1v) is 6.05. The van der Waals surface area contributed by atoms with Crippen molar-refractivity contribution in [2.75, 3.05) is 19.7 Å². The molecule has 0 spiro atoms. The van der Waals surface area contributed by atoms with Crippen molar-refractivity contribution in [1.82, 2.24) is 10.5 Å². The summed E-state index contributed by atoms with van der Waals surface area (Å²) >= 11 is 0. The molecule has 2 heterocycles. The van der Waals surface area contributed by atoms with Gasteiger partial charge >= 0.3 is 0 Å². The Bertz CT molecular complexity index is 306. The summed E-state index contributed by atoms with van der Waals surface area (Å²) in [5.74, 6) is 1.63. The fourth-order valence-corrected chi connectivity index (χ4v) is 2.08. The first kappa shape index (κ1) is 11.6. The molecule has 4 heteroatoms. The molecule has 1 saturated heterocycles. The van der Waals surface area contributed by atoms with E-state index in [1.54, 1.807) is 0 Å². The predicted octanol–water partition coefficient (Wildman–Crippen LogP) is 1.89. The summed E-state index contributed by atoms with van der Waals surface area (Å²) in [6.07, 6.45) is 3.77. The highest BCUT2D eigenvalue weighted by Crippen LogP contribution is 2.14. The Balaban J connectivity index is 1.57. The summed E-state index contributed by atoms with van der Waals surface area (Å²) in [6.45, 7) is 5.60. The lowest BCUT2D eigenvalue weighted by atomic mass is 9.97. The van der Waals surface area contributed by atoms with Gasteiger partial charge in [0.15, 0.2) is 0 Å². The lowest BCUT2D eigenvalue weighted by Crippen LogP contribution is -2.30. The Morgan fingerprint density at radius 1 is 1.62 bits per heavy atom. The fraction of sp³-hybridized carbons (Fsp3) is 0.750. The van der Waals surface area contributed by atoms with E-state index in [1.165, 1.54) is 19.4 Å². The molecular weight excluding hydrogens is 204 g/mol. The normalized spacial score (nSPS) is 21.2. The SMILES string of the molecule is Cc1cc(COCCC2CCCNC2)no1. The molecule has 0 amide bonds. The molecule has 0 bridgehead atoms.